The fourth-order valence-electron chi connectivity index (χ4n) is 1.93. The lowest BCUT2D eigenvalue weighted by atomic mass is 10.1. The number of amides is 2. The second kappa shape index (κ2) is 7.94. The van der Waals surface area contributed by atoms with Crippen LogP contribution in [0.3, 0.4) is 0 Å². The highest BCUT2D eigenvalue weighted by molar-refractivity contribution is 7.13. The average molecular weight is 335 g/mol. The maximum atomic E-state index is 11.8. The van der Waals surface area contributed by atoms with Gasteiger partial charge in [0.2, 0.25) is 0 Å². The van der Waals surface area contributed by atoms with Gasteiger partial charge in [0.1, 0.15) is 5.75 Å². The van der Waals surface area contributed by atoms with Crippen LogP contribution in [0.4, 0.5) is 9.93 Å². The lowest BCUT2D eigenvalue weighted by Gasteiger charge is -2.15. The number of hydrogen-bond acceptors (Lipinski definition) is 5. The zero-order chi connectivity index (χ0) is 16.8. The lowest BCUT2D eigenvalue weighted by Crippen LogP contribution is -2.32. The molecule has 0 bridgehead atoms. The number of anilines is 1. The molecule has 1 atom stereocenters. The van der Waals surface area contributed by atoms with Crippen LogP contribution in [-0.2, 0) is 0 Å². The molecule has 1 heterocycles. The van der Waals surface area contributed by atoms with Gasteiger partial charge in [0.15, 0.2) is 5.13 Å². The normalized spacial score (nSPS) is 12.0. The van der Waals surface area contributed by atoms with Gasteiger partial charge in [0.05, 0.1) is 17.9 Å². The molecule has 0 radical (unpaired) electrons. The molecule has 0 fully saturated rings. The van der Waals surface area contributed by atoms with Crippen molar-refractivity contribution in [1.82, 2.24) is 10.3 Å². The highest BCUT2D eigenvalue weighted by Crippen LogP contribution is 2.20. The van der Waals surface area contributed by atoms with Gasteiger partial charge in [0.25, 0.3) is 0 Å². The van der Waals surface area contributed by atoms with E-state index in [0.717, 1.165) is 5.69 Å². The second-order valence-corrected chi connectivity index (χ2v) is 6.24. The molecule has 0 saturated carbocycles. The summed E-state index contributed by atoms with van der Waals surface area (Å²) in [6.45, 7) is 5.83. The Morgan fingerprint density at radius 2 is 2.22 bits per heavy atom. The molecule has 0 aliphatic rings. The monoisotopic (exact) mass is 335 g/mol. The summed E-state index contributed by atoms with van der Waals surface area (Å²) in [4.78, 5) is 15.9. The molecule has 2 amide bonds. The van der Waals surface area contributed by atoms with Crippen LogP contribution in [-0.4, -0.2) is 28.8 Å². The lowest BCUT2D eigenvalue weighted by molar-refractivity contribution is 0.174. The number of aromatic nitrogens is 1. The second-order valence-electron chi connectivity index (χ2n) is 5.38. The first-order valence-electron chi connectivity index (χ1n) is 7.35. The van der Waals surface area contributed by atoms with Gasteiger partial charge in [0, 0.05) is 11.9 Å². The molecule has 2 rings (SSSR count). The Morgan fingerprint density at radius 3 is 2.87 bits per heavy atom. The number of benzene rings is 1. The number of thiazole rings is 1. The largest absolute Gasteiger partial charge is 0.491 e. The molecule has 1 unspecified atom stereocenters. The number of aliphatic hydroxyl groups excluding tert-OH is 1. The molecule has 0 saturated heterocycles. The number of urea groups is 1. The third-order valence-corrected chi connectivity index (χ3v) is 3.79. The summed E-state index contributed by atoms with van der Waals surface area (Å²) in [7, 11) is 0. The van der Waals surface area contributed by atoms with Crippen molar-refractivity contribution in [2.75, 3.05) is 11.9 Å². The summed E-state index contributed by atoms with van der Waals surface area (Å²) in [6.07, 6.45) is -0.748. The van der Waals surface area contributed by atoms with E-state index in [9.17, 15) is 9.90 Å². The molecular formula is C16H21N3O3S. The molecule has 124 valence electrons. The number of carbonyl (C=O) groups excluding carboxylic acids is 1. The molecule has 0 aliphatic heterocycles. The minimum atomic E-state index is -0.811. The van der Waals surface area contributed by atoms with Gasteiger partial charge in [-0.2, -0.15) is 0 Å². The van der Waals surface area contributed by atoms with Crippen molar-refractivity contribution in [3.63, 3.8) is 0 Å². The Kier molecular flexibility index (Phi) is 5.95. The Bertz CT molecular complexity index is 658. The zero-order valence-corrected chi connectivity index (χ0v) is 14.2. The van der Waals surface area contributed by atoms with E-state index in [1.165, 1.54) is 11.3 Å². The summed E-state index contributed by atoms with van der Waals surface area (Å²) in [5, 5.41) is 17.8. The topological polar surface area (TPSA) is 83.5 Å². The number of rotatable bonds is 6. The number of aryl methyl sites for hydroxylation is 1. The Hall–Kier alpha value is -2.12. The Balaban J connectivity index is 1.86. The standard InChI is InChI=1S/C16H21N3O3S/c1-10(2)22-13-6-4-5-12(7-13)14(20)8-17-15(21)19-16-18-11(3)9-23-16/h4-7,9-10,14,20H,8H2,1-3H3,(H2,17,18,19,21). The summed E-state index contributed by atoms with van der Waals surface area (Å²) >= 11 is 1.35. The van der Waals surface area contributed by atoms with Gasteiger partial charge >= 0.3 is 6.03 Å². The van der Waals surface area contributed by atoms with E-state index in [4.69, 9.17) is 4.74 Å². The van der Waals surface area contributed by atoms with Crippen LogP contribution in [0.25, 0.3) is 0 Å². The molecule has 0 aliphatic carbocycles. The van der Waals surface area contributed by atoms with Gasteiger partial charge < -0.3 is 15.2 Å². The predicted octanol–water partition coefficient (Wildman–Crippen LogP) is 3.09. The van der Waals surface area contributed by atoms with Gasteiger partial charge in [-0.15, -0.1) is 11.3 Å². The van der Waals surface area contributed by atoms with Crippen molar-refractivity contribution >= 4 is 22.5 Å². The predicted molar refractivity (Wildman–Crippen MR) is 91.0 cm³/mol. The van der Waals surface area contributed by atoms with Crippen LogP contribution in [0.2, 0.25) is 0 Å². The van der Waals surface area contributed by atoms with Gasteiger partial charge in [-0.1, -0.05) is 12.1 Å². The number of hydrogen-bond donors (Lipinski definition) is 3. The van der Waals surface area contributed by atoms with E-state index in [0.29, 0.717) is 16.4 Å². The minimum absolute atomic E-state index is 0.0630. The van der Waals surface area contributed by atoms with Crippen LogP contribution >= 0.6 is 11.3 Å². The molecule has 3 N–H and O–H groups in total. The van der Waals surface area contributed by atoms with Crippen molar-refractivity contribution in [2.24, 2.45) is 0 Å². The number of aliphatic hydroxyl groups is 1. The maximum Gasteiger partial charge on any atom is 0.321 e. The van der Waals surface area contributed by atoms with E-state index in [-0.39, 0.29) is 12.6 Å². The SMILES string of the molecule is Cc1csc(NC(=O)NCC(O)c2cccc(OC(C)C)c2)n1. The van der Waals surface area contributed by atoms with Crippen LogP contribution in [0, 0.1) is 6.92 Å². The van der Waals surface area contributed by atoms with Gasteiger partial charge in [-0.25, -0.2) is 9.78 Å². The number of ether oxygens (including phenoxy) is 1. The van der Waals surface area contributed by atoms with E-state index >= 15 is 0 Å². The number of nitrogens with one attached hydrogen (secondary N) is 2. The van der Waals surface area contributed by atoms with E-state index in [1.54, 1.807) is 12.1 Å². The summed E-state index contributed by atoms with van der Waals surface area (Å²) in [5.41, 5.74) is 1.54. The molecule has 7 heteroatoms. The third kappa shape index (κ3) is 5.54. The van der Waals surface area contributed by atoms with Crippen LogP contribution in [0.5, 0.6) is 5.75 Å². The number of nitrogens with zero attached hydrogens (tertiary/aromatic N) is 1. The van der Waals surface area contributed by atoms with E-state index < -0.39 is 12.1 Å². The molecule has 2 aromatic rings. The fraction of sp³-hybridized carbons (Fsp3) is 0.375. The first-order valence-corrected chi connectivity index (χ1v) is 8.23. The smallest absolute Gasteiger partial charge is 0.321 e. The summed E-state index contributed by atoms with van der Waals surface area (Å²) in [5.74, 6) is 0.694. The molecule has 6 nitrogen and oxygen atoms in total. The van der Waals surface area contributed by atoms with Crippen molar-refractivity contribution in [3.8, 4) is 5.75 Å². The van der Waals surface area contributed by atoms with Gasteiger partial charge in [-0.05, 0) is 38.5 Å². The highest BCUT2D eigenvalue weighted by atomic mass is 32.1. The van der Waals surface area contributed by atoms with Crippen molar-refractivity contribution in [3.05, 3.63) is 40.9 Å². The van der Waals surface area contributed by atoms with Crippen molar-refractivity contribution in [2.45, 2.75) is 33.0 Å². The minimum Gasteiger partial charge on any atom is -0.491 e. The summed E-state index contributed by atoms with van der Waals surface area (Å²) in [6, 6.07) is 6.82. The maximum absolute atomic E-state index is 11.8. The first kappa shape index (κ1) is 17.2. The summed E-state index contributed by atoms with van der Waals surface area (Å²) < 4.78 is 5.59. The van der Waals surface area contributed by atoms with Crippen molar-refractivity contribution < 1.29 is 14.6 Å². The Labute approximate surface area is 139 Å². The van der Waals surface area contributed by atoms with Crippen molar-refractivity contribution in [1.29, 1.82) is 0 Å². The Morgan fingerprint density at radius 1 is 1.43 bits per heavy atom. The van der Waals surface area contributed by atoms with Gasteiger partial charge in [-0.3, -0.25) is 5.32 Å². The third-order valence-electron chi connectivity index (χ3n) is 2.91. The van der Waals surface area contributed by atoms with Crippen LogP contribution in [0.1, 0.15) is 31.2 Å². The molecular weight excluding hydrogens is 314 g/mol. The van der Waals surface area contributed by atoms with Crippen LogP contribution in [0.15, 0.2) is 29.6 Å². The van der Waals surface area contributed by atoms with Crippen LogP contribution < -0.4 is 15.4 Å². The first-order chi connectivity index (χ1) is 10.9. The van der Waals surface area contributed by atoms with E-state index in [2.05, 4.69) is 15.6 Å². The quantitative estimate of drug-likeness (QED) is 0.757. The number of carbonyl (C=O) groups is 1. The molecule has 1 aromatic carbocycles. The fourth-order valence-corrected chi connectivity index (χ4v) is 2.61. The molecule has 0 spiro atoms. The molecule has 23 heavy (non-hydrogen) atoms. The highest BCUT2D eigenvalue weighted by Gasteiger charge is 2.11. The molecule has 1 aromatic heterocycles. The zero-order valence-electron chi connectivity index (χ0n) is 13.4. The average Bonchev–Trinajstić information content (AvgIpc) is 2.89. The van der Waals surface area contributed by atoms with E-state index in [1.807, 2.05) is 38.3 Å².